The Morgan fingerprint density at radius 3 is 2.42 bits per heavy atom. The predicted octanol–water partition coefficient (Wildman–Crippen LogP) is 3.48. The van der Waals surface area contributed by atoms with Crippen LogP contribution in [0.15, 0.2) is 12.1 Å². The molecule has 3 nitrogen and oxygen atoms in total. The minimum atomic E-state index is -0.834. The van der Waals surface area contributed by atoms with Crippen LogP contribution in [0.5, 0.6) is 0 Å². The highest BCUT2D eigenvalue weighted by atomic mass is 35.5. The van der Waals surface area contributed by atoms with Crippen molar-refractivity contribution in [2.45, 2.75) is 13.8 Å². The molecule has 0 radical (unpaired) electrons. The van der Waals surface area contributed by atoms with Crippen LogP contribution in [-0.2, 0) is 0 Å². The Bertz CT molecular complexity index is 691. The standard InChI is InChI=1S/C13H10ClF2N3/c1-6-7(2)19(13(18)9(6)5-17)12-10(14)3-8(15)4-11(12)16/h3-4H,18H2,1-2H3. The molecule has 1 aromatic carbocycles. The number of nitrogens with zero attached hydrogens (tertiary/aromatic N) is 2. The Labute approximate surface area is 113 Å². The van der Waals surface area contributed by atoms with Gasteiger partial charge in [-0.25, -0.2) is 8.78 Å². The second-order valence-corrected chi connectivity index (χ2v) is 4.54. The highest BCUT2D eigenvalue weighted by Gasteiger charge is 2.21. The van der Waals surface area contributed by atoms with E-state index in [4.69, 9.17) is 22.6 Å². The van der Waals surface area contributed by atoms with Crippen molar-refractivity contribution < 1.29 is 8.78 Å². The molecule has 1 heterocycles. The first-order valence-corrected chi connectivity index (χ1v) is 5.78. The highest BCUT2D eigenvalue weighted by molar-refractivity contribution is 6.32. The summed E-state index contributed by atoms with van der Waals surface area (Å²) >= 11 is 5.88. The number of benzene rings is 1. The van der Waals surface area contributed by atoms with Crippen LogP contribution >= 0.6 is 11.6 Å². The van der Waals surface area contributed by atoms with Crippen molar-refractivity contribution in [3.63, 3.8) is 0 Å². The second kappa shape index (κ2) is 4.56. The van der Waals surface area contributed by atoms with Crippen molar-refractivity contribution >= 4 is 17.4 Å². The third-order valence-electron chi connectivity index (χ3n) is 3.07. The number of anilines is 1. The zero-order chi connectivity index (χ0) is 14.3. The number of hydrogen-bond donors (Lipinski definition) is 1. The Kier molecular flexibility index (Phi) is 3.21. The number of halogens is 3. The molecule has 0 saturated heterocycles. The van der Waals surface area contributed by atoms with Crippen LogP contribution < -0.4 is 5.73 Å². The van der Waals surface area contributed by atoms with Crippen molar-refractivity contribution in [1.29, 1.82) is 5.26 Å². The third-order valence-corrected chi connectivity index (χ3v) is 3.36. The molecule has 0 saturated carbocycles. The van der Waals surface area contributed by atoms with Crippen molar-refractivity contribution in [2.24, 2.45) is 0 Å². The van der Waals surface area contributed by atoms with Crippen molar-refractivity contribution in [3.05, 3.63) is 45.6 Å². The Balaban J connectivity index is 2.85. The van der Waals surface area contributed by atoms with Gasteiger partial charge in [-0.05, 0) is 25.5 Å². The molecule has 1 aromatic heterocycles. The van der Waals surface area contributed by atoms with Gasteiger partial charge in [-0.3, -0.25) is 4.57 Å². The monoisotopic (exact) mass is 281 g/mol. The molecule has 2 rings (SSSR count). The van der Waals surface area contributed by atoms with Gasteiger partial charge in [0.15, 0.2) is 5.82 Å². The Morgan fingerprint density at radius 2 is 1.95 bits per heavy atom. The molecule has 0 fully saturated rings. The van der Waals surface area contributed by atoms with Gasteiger partial charge in [0.2, 0.25) is 0 Å². The number of aromatic nitrogens is 1. The van der Waals surface area contributed by atoms with Crippen molar-refractivity contribution in [3.8, 4) is 11.8 Å². The molecular formula is C13H10ClF2N3. The van der Waals surface area contributed by atoms with Crippen LogP contribution in [0, 0.1) is 36.8 Å². The lowest BCUT2D eigenvalue weighted by Gasteiger charge is -2.12. The third kappa shape index (κ3) is 1.94. The van der Waals surface area contributed by atoms with Gasteiger partial charge < -0.3 is 5.73 Å². The van der Waals surface area contributed by atoms with Gasteiger partial charge in [-0.15, -0.1) is 0 Å². The number of nitrogens with two attached hydrogens (primary N) is 1. The fraction of sp³-hybridized carbons (Fsp3) is 0.154. The lowest BCUT2D eigenvalue weighted by molar-refractivity contribution is 0.577. The topological polar surface area (TPSA) is 54.7 Å². The van der Waals surface area contributed by atoms with Crippen LogP contribution in [0.2, 0.25) is 5.02 Å². The van der Waals surface area contributed by atoms with Crippen molar-refractivity contribution in [2.75, 3.05) is 5.73 Å². The quantitative estimate of drug-likeness (QED) is 0.870. The van der Waals surface area contributed by atoms with Gasteiger partial charge >= 0.3 is 0 Å². The van der Waals surface area contributed by atoms with Crippen LogP contribution in [0.1, 0.15) is 16.8 Å². The maximum atomic E-state index is 13.9. The predicted molar refractivity (Wildman–Crippen MR) is 69.3 cm³/mol. The minimum absolute atomic E-state index is 0.0531. The molecule has 0 bridgehead atoms. The molecule has 0 atom stereocenters. The summed E-state index contributed by atoms with van der Waals surface area (Å²) in [7, 11) is 0. The van der Waals surface area contributed by atoms with E-state index in [0.29, 0.717) is 11.3 Å². The molecule has 6 heteroatoms. The largest absolute Gasteiger partial charge is 0.384 e. The molecule has 2 N–H and O–H groups in total. The summed E-state index contributed by atoms with van der Waals surface area (Å²) in [4.78, 5) is 0. The van der Waals surface area contributed by atoms with Crippen LogP contribution in [-0.4, -0.2) is 4.57 Å². The first-order chi connectivity index (χ1) is 8.88. The number of hydrogen-bond acceptors (Lipinski definition) is 2. The smallest absolute Gasteiger partial charge is 0.151 e. The average molecular weight is 282 g/mol. The van der Waals surface area contributed by atoms with Crippen molar-refractivity contribution in [1.82, 2.24) is 4.57 Å². The number of rotatable bonds is 1. The summed E-state index contributed by atoms with van der Waals surface area (Å²) in [6.45, 7) is 3.39. The zero-order valence-electron chi connectivity index (χ0n) is 10.3. The average Bonchev–Trinajstić information content (AvgIpc) is 2.52. The van der Waals surface area contributed by atoms with E-state index < -0.39 is 11.6 Å². The van der Waals surface area contributed by atoms with Gasteiger partial charge in [-0.1, -0.05) is 11.6 Å². The van der Waals surface area contributed by atoms with E-state index in [2.05, 4.69) is 0 Å². The summed E-state index contributed by atoms with van der Waals surface area (Å²) in [5.74, 6) is -1.52. The summed E-state index contributed by atoms with van der Waals surface area (Å²) in [5.41, 5.74) is 7.28. The molecule has 0 aliphatic rings. The van der Waals surface area contributed by atoms with E-state index in [-0.39, 0.29) is 22.1 Å². The molecule has 2 aromatic rings. The molecule has 19 heavy (non-hydrogen) atoms. The zero-order valence-corrected chi connectivity index (χ0v) is 11.0. The van der Waals surface area contributed by atoms with Gasteiger partial charge in [0, 0.05) is 11.8 Å². The van der Waals surface area contributed by atoms with E-state index >= 15 is 0 Å². The molecule has 0 aliphatic carbocycles. The van der Waals surface area contributed by atoms with E-state index in [0.717, 1.165) is 12.1 Å². The van der Waals surface area contributed by atoms with Crippen LogP contribution in [0.4, 0.5) is 14.6 Å². The summed E-state index contributed by atoms with van der Waals surface area (Å²) < 4.78 is 28.3. The van der Waals surface area contributed by atoms with E-state index in [1.165, 1.54) is 4.57 Å². The lowest BCUT2D eigenvalue weighted by atomic mass is 10.2. The molecule has 0 unspecified atom stereocenters. The fourth-order valence-corrected chi connectivity index (χ4v) is 2.29. The second-order valence-electron chi connectivity index (χ2n) is 4.14. The van der Waals surface area contributed by atoms with Crippen LogP contribution in [0.3, 0.4) is 0 Å². The van der Waals surface area contributed by atoms with Crippen LogP contribution in [0.25, 0.3) is 5.69 Å². The SMILES string of the molecule is Cc1c(C#N)c(N)n(-c2c(F)cc(F)cc2Cl)c1C. The molecule has 98 valence electrons. The van der Waals surface area contributed by atoms with Gasteiger partial charge in [0.25, 0.3) is 0 Å². The van der Waals surface area contributed by atoms with E-state index in [1.807, 2.05) is 6.07 Å². The summed E-state index contributed by atoms with van der Waals surface area (Å²) in [6.07, 6.45) is 0. The number of nitrogen functional groups attached to an aromatic ring is 1. The van der Waals surface area contributed by atoms with E-state index in [1.54, 1.807) is 13.8 Å². The van der Waals surface area contributed by atoms with Gasteiger partial charge in [0.1, 0.15) is 23.4 Å². The molecular weight excluding hydrogens is 272 g/mol. The fourth-order valence-electron chi connectivity index (χ4n) is 2.01. The maximum Gasteiger partial charge on any atom is 0.151 e. The normalized spacial score (nSPS) is 10.5. The maximum absolute atomic E-state index is 13.9. The first-order valence-electron chi connectivity index (χ1n) is 5.40. The Hall–Kier alpha value is -2.06. The van der Waals surface area contributed by atoms with Gasteiger partial charge in [-0.2, -0.15) is 5.26 Å². The summed E-state index contributed by atoms with van der Waals surface area (Å²) in [5, 5.41) is 8.93. The molecule has 0 spiro atoms. The molecule has 0 amide bonds. The highest BCUT2D eigenvalue weighted by Crippen LogP contribution is 2.33. The Morgan fingerprint density at radius 1 is 1.32 bits per heavy atom. The number of nitriles is 1. The molecule has 0 aliphatic heterocycles. The van der Waals surface area contributed by atoms with Gasteiger partial charge in [0.05, 0.1) is 10.6 Å². The lowest BCUT2D eigenvalue weighted by Crippen LogP contribution is -2.06. The minimum Gasteiger partial charge on any atom is -0.384 e. The first kappa shape index (κ1) is 13.4. The summed E-state index contributed by atoms with van der Waals surface area (Å²) in [6, 6.07) is 3.68. The van der Waals surface area contributed by atoms with E-state index in [9.17, 15) is 8.78 Å².